The van der Waals surface area contributed by atoms with E-state index < -0.39 is 47.7 Å². The largest absolute Gasteiger partial charge is 0.506 e. The Bertz CT molecular complexity index is 995. The molecule has 1 aliphatic rings. The Kier molecular flexibility index (Phi) is 5.48. The molecule has 1 aromatic carbocycles. The van der Waals surface area contributed by atoms with Crippen LogP contribution in [0.4, 0.5) is 0 Å². The van der Waals surface area contributed by atoms with Gasteiger partial charge in [-0.05, 0) is 30.9 Å². The molecular formula is C18H19N3O7. The lowest BCUT2D eigenvalue weighted by Gasteiger charge is -2.15. The Morgan fingerprint density at radius 1 is 1.14 bits per heavy atom. The van der Waals surface area contributed by atoms with Crippen LogP contribution in [0.15, 0.2) is 29.1 Å². The summed E-state index contributed by atoms with van der Waals surface area (Å²) in [5, 5.41) is 23.5. The summed E-state index contributed by atoms with van der Waals surface area (Å²) in [5.41, 5.74) is -1.08. The van der Waals surface area contributed by atoms with Crippen molar-refractivity contribution in [3.05, 3.63) is 40.2 Å². The summed E-state index contributed by atoms with van der Waals surface area (Å²) < 4.78 is 0.979. The number of carbonyl (C=O) groups is 3. The highest BCUT2D eigenvalue weighted by Crippen LogP contribution is 2.29. The smallest absolute Gasteiger partial charge is 0.322 e. The zero-order chi connectivity index (χ0) is 20.3. The predicted molar refractivity (Wildman–Crippen MR) is 97.0 cm³/mol. The Morgan fingerprint density at radius 2 is 1.86 bits per heavy atom. The summed E-state index contributed by atoms with van der Waals surface area (Å²) in [6.45, 7) is -0.841. The van der Waals surface area contributed by atoms with Gasteiger partial charge in [0.2, 0.25) is 5.91 Å². The number of hydrogen-bond acceptors (Lipinski definition) is 6. The van der Waals surface area contributed by atoms with Crippen molar-refractivity contribution in [2.24, 2.45) is 5.92 Å². The van der Waals surface area contributed by atoms with Crippen LogP contribution in [-0.4, -0.2) is 52.4 Å². The molecule has 1 fully saturated rings. The van der Waals surface area contributed by atoms with Crippen LogP contribution in [0, 0.1) is 5.92 Å². The van der Waals surface area contributed by atoms with Gasteiger partial charge in [0.15, 0.2) is 0 Å². The van der Waals surface area contributed by atoms with E-state index in [1.807, 2.05) is 0 Å². The number of nitrogens with zero attached hydrogens (tertiary/aromatic N) is 1. The summed E-state index contributed by atoms with van der Waals surface area (Å²) in [7, 11) is 0. The second kappa shape index (κ2) is 7.99. The molecule has 1 aromatic heterocycles. The monoisotopic (exact) mass is 389 g/mol. The zero-order valence-corrected chi connectivity index (χ0v) is 14.8. The van der Waals surface area contributed by atoms with Crippen LogP contribution in [0.25, 0.3) is 10.9 Å². The van der Waals surface area contributed by atoms with Crippen LogP contribution >= 0.6 is 0 Å². The first-order chi connectivity index (χ1) is 13.4. The molecular weight excluding hydrogens is 370 g/mol. The van der Waals surface area contributed by atoms with E-state index in [0.29, 0.717) is 18.0 Å². The molecule has 3 rings (SSSR count). The van der Waals surface area contributed by atoms with Crippen LogP contribution in [0.1, 0.15) is 23.2 Å². The van der Waals surface area contributed by atoms with E-state index >= 15 is 0 Å². The molecule has 0 spiro atoms. The van der Waals surface area contributed by atoms with Crippen molar-refractivity contribution < 1.29 is 29.4 Å². The standard InChI is InChI=1S/C18H19N3O7/c22-13(19-8-14(23)24)7-20-17(26)15-16(25)11-3-1-2-4-12(11)21(18(15)27)28-9-10-5-6-10/h1-4,10,25H,5-9H2,(H,19,22)(H,20,26)(H,23,24). The highest BCUT2D eigenvalue weighted by Gasteiger charge is 2.26. The number of amides is 2. The first-order valence-electron chi connectivity index (χ1n) is 8.65. The maximum absolute atomic E-state index is 12.8. The lowest BCUT2D eigenvalue weighted by Crippen LogP contribution is -2.41. The molecule has 28 heavy (non-hydrogen) atoms. The van der Waals surface area contributed by atoms with Gasteiger partial charge in [-0.25, -0.2) is 0 Å². The molecule has 0 unspecified atom stereocenters. The van der Waals surface area contributed by atoms with Gasteiger partial charge >= 0.3 is 5.97 Å². The van der Waals surface area contributed by atoms with Crippen molar-refractivity contribution in [2.75, 3.05) is 19.7 Å². The minimum Gasteiger partial charge on any atom is -0.506 e. The highest BCUT2D eigenvalue weighted by atomic mass is 16.7. The van der Waals surface area contributed by atoms with Gasteiger partial charge in [-0.3, -0.25) is 19.2 Å². The van der Waals surface area contributed by atoms with Crippen LogP contribution in [0.3, 0.4) is 0 Å². The first-order valence-corrected chi connectivity index (χ1v) is 8.65. The van der Waals surface area contributed by atoms with Crippen molar-refractivity contribution in [1.29, 1.82) is 0 Å². The number of benzene rings is 1. The van der Waals surface area contributed by atoms with Crippen molar-refractivity contribution in [1.82, 2.24) is 15.4 Å². The van der Waals surface area contributed by atoms with Crippen LogP contribution < -0.4 is 21.0 Å². The van der Waals surface area contributed by atoms with E-state index in [4.69, 9.17) is 9.94 Å². The maximum Gasteiger partial charge on any atom is 0.322 e. The fraction of sp³-hybridized carbons (Fsp3) is 0.333. The Balaban J connectivity index is 1.86. The quantitative estimate of drug-likeness (QED) is 0.475. The summed E-state index contributed by atoms with van der Waals surface area (Å²) >= 11 is 0. The molecule has 1 saturated carbocycles. The highest BCUT2D eigenvalue weighted by molar-refractivity contribution is 6.03. The molecule has 1 heterocycles. The molecule has 0 bridgehead atoms. The lowest BCUT2D eigenvalue weighted by molar-refractivity contribution is -0.137. The van der Waals surface area contributed by atoms with Crippen molar-refractivity contribution in [3.8, 4) is 5.75 Å². The second-order valence-electron chi connectivity index (χ2n) is 6.43. The maximum atomic E-state index is 12.8. The van der Waals surface area contributed by atoms with E-state index in [-0.39, 0.29) is 5.39 Å². The van der Waals surface area contributed by atoms with Crippen molar-refractivity contribution in [2.45, 2.75) is 12.8 Å². The fourth-order valence-electron chi connectivity index (χ4n) is 2.58. The van der Waals surface area contributed by atoms with Gasteiger partial charge in [0.25, 0.3) is 11.5 Å². The molecule has 10 heteroatoms. The molecule has 0 saturated heterocycles. The topological polar surface area (TPSA) is 147 Å². The van der Waals surface area contributed by atoms with E-state index in [2.05, 4.69) is 10.6 Å². The molecule has 2 aromatic rings. The molecule has 1 aliphatic carbocycles. The number of fused-ring (bicyclic) bond motifs is 1. The molecule has 4 N–H and O–H groups in total. The van der Waals surface area contributed by atoms with E-state index in [9.17, 15) is 24.3 Å². The van der Waals surface area contributed by atoms with Gasteiger partial charge in [-0.15, -0.1) is 4.73 Å². The number of aromatic hydroxyl groups is 1. The molecule has 148 valence electrons. The minimum atomic E-state index is -1.23. The number of carboxylic acid groups (broad SMARTS) is 1. The SMILES string of the molecule is O=C(O)CNC(=O)CNC(=O)c1c(O)c2ccccc2n(OCC2CC2)c1=O. The number of carbonyl (C=O) groups excluding carboxylic acids is 2. The van der Waals surface area contributed by atoms with Gasteiger partial charge in [0.05, 0.1) is 12.1 Å². The third-order valence-electron chi connectivity index (χ3n) is 4.22. The van der Waals surface area contributed by atoms with E-state index in [0.717, 1.165) is 17.6 Å². The van der Waals surface area contributed by atoms with Crippen LogP contribution in [-0.2, 0) is 9.59 Å². The Morgan fingerprint density at radius 3 is 2.54 bits per heavy atom. The third kappa shape index (κ3) is 4.22. The fourth-order valence-corrected chi connectivity index (χ4v) is 2.58. The van der Waals surface area contributed by atoms with E-state index in [1.54, 1.807) is 18.2 Å². The number of nitrogens with one attached hydrogen (secondary N) is 2. The number of aromatic nitrogens is 1. The van der Waals surface area contributed by atoms with E-state index in [1.165, 1.54) is 6.07 Å². The number of carboxylic acids is 1. The summed E-state index contributed by atoms with van der Waals surface area (Å²) in [6, 6.07) is 6.44. The van der Waals surface area contributed by atoms with Crippen molar-refractivity contribution >= 4 is 28.7 Å². The van der Waals surface area contributed by atoms with Gasteiger partial charge in [-0.1, -0.05) is 12.1 Å². The van der Waals surface area contributed by atoms with Gasteiger partial charge in [0, 0.05) is 5.39 Å². The minimum absolute atomic E-state index is 0.248. The Labute approximate surface area is 158 Å². The summed E-state index contributed by atoms with van der Waals surface area (Å²) in [4.78, 5) is 52.8. The first kappa shape index (κ1) is 19.2. The van der Waals surface area contributed by atoms with Gasteiger partial charge in [0.1, 0.15) is 24.5 Å². The number of aliphatic carboxylic acids is 1. The number of pyridine rings is 1. The number of para-hydroxylation sites is 1. The normalized spacial score (nSPS) is 13.1. The average molecular weight is 389 g/mol. The van der Waals surface area contributed by atoms with Gasteiger partial charge in [-0.2, -0.15) is 0 Å². The average Bonchev–Trinajstić information content (AvgIpc) is 3.49. The predicted octanol–water partition coefficient (Wildman–Crippen LogP) is -0.524. The lowest BCUT2D eigenvalue weighted by atomic mass is 10.1. The molecule has 0 aliphatic heterocycles. The zero-order valence-electron chi connectivity index (χ0n) is 14.8. The van der Waals surface area contributed by atoms with Gasteiger partial charge < -0.3 is 25.7 Å². The second-order valence-corrected chi connectivity index (χ2v) is 6.43. The summed E-state index contributed by atoms with van der Waals surface area (Å²) in [5.74, 6) is -3.11. The van der Waals surface area contributed by atoms with Crippen LogP contribution in [0.2, 0.25) is 0 Å². The molecule has 2 amide bonds. The third-order valence-corrected chi connectivity index (χ3v) is 4.22. The van der Waals surface area contributed by atoms with Crippen molar-refractivity contribution in [3.63, 3.8) is 0 Å². The number of rotatable bonds is 8. The molecule has 0 radical (unpaired) electrons. The molecule has 10 nitrogen and oxygen atoms in total. The van der Waals surface area contributed by atoms with Crippen LogP contribution in [0.5, 0.6) is 5.75 Å². The number of hydrogen-bond donors (Lipinski definition) is 4. The molecule has 0 atom stereocenters. The summed E-state index contributed by atoms with van der Waals surface area (Å²) in [6.07, 6.45) is 2.01. The Hall–Kier alpha value is -3.56.